The van der Waals surface area contributed by atoms with Gasteiger partial charge in [-0.25, -0.2) is 4.98 Å². The van der Waals surface area contributed by atoms with Gasteiger partial charge in [-0.15, -0.1) is 0 Å². The summed E-state index contributed by atoms with van der Waals surface area (Å²) in [7, 11) is 1.75. The molecule has 0 fully saturated rings. The van der Waals surface area contributed by atoms with E-state index >= 15 is 0 Å². The quantitative estimate of drug-likeness (QED) is 0.382. The van der Waals surface area contributed by atoms with Crippen molar-refractivity contribution in [2.24, 2.45) is 7.05 Å². The Hall–Kier alpha value is -3.12. The number of aromatic nitrogens is 3. The molecular formula is C21H17N3O2S. The smallest absolute Gasteiger partial charge is 0.261 e. The predicted octanol–water partition coefficient (Wildman–Crippen LogP) is 4.41. The molecule has 0 aliphatic rings. The molecule has 6 heteroatoms. The number of nitrogens with zero attached hydrogens (tertiary/aromatic N) is 3. The van der Waals surface area contributed by atoms with Crippen molar-refractivity contribution in [2.45, 2.75) is 10.9 Å². The van der Waals surface area contributed by atoms with Crippen molar-refractivity contribution in [2.75, 3.05) is 0 Å². The third-order valence-electron chi connectivity index (χ3n) is 4.13. The summed E-state index contributed by atoms with van der Waals surface area (Å²) in [6, 6.07) is 18.9. The molecule has 0 bridgehead atoms. The Kier molecular flexibility index (Phi) is 4.89. The maximum absolute atomic E-state index is 12.5. The summed E-state index contributed by atoms with van der Waals surface area (Å²) < 4.78 is 7.55. The minimum Gasteiger partial charge on any atom is -0.455 e. The number of fused-ring (bicyclic) bond motifs is 1. The zero-order valence-electron chi connectivity index (χ0n) is 14.7. The lowest BCUT2D eigenvalue weighted by molar-refractivity contribution is 0.476. The number of para-hydroxylation sites is 2. The van der Waals surface area contributed by atoms with Crippen LogP contribution in [-0.4, -0.2) is 14.5 Å². The Morgan fingerprint density at radius 3 is 2.70 bits per heavy atom. The molecule has 0 saturated carbocycles. The van der Waals surface area contributed by atoms with Gasteiger partial charge in [0.05, 0.1) is 17.1 Å². The third-order valence-corrected chi connectivity index (χ3v) is 5.21. The maximum Gasteiger partial charge on any atom is 0.261 e. The maximum atomic E-state index is 12.5. The van der Waals surface area contributed by atoms with E-state index in [1.165, 1.54) is 11.8 Å². The highest BCUT2D eigenvalue weighted by Gasteiger charge is 2.11. The molecule has 2 heterocycles. The topological polar surface area (TPSA) is 57.0 Å². The molecule has 2 aromatic heterocycles. The van der Waals surface area contributed by atoms with Crippen molar-refractivity contribution in [3.63, 3.8) is 0 Å². The second-order valence-electron chi connectivity index (χ2n) is 5.96. The first kappa shape index (κ1) is 17.3. The van der Waals surface area contributed by atoms with Crippen LogP contribution in [0.25, 0.3) is 10.9 Å². The van der Waals surface area contributed by atoms with Crippen LogP contribution in [0.5, 0.6) is 11.5 Å². The van der Waals surface area contributed by atoms with Crippen molar-refractivity contribution >= 4 is 22.7 Å². The van der Waals surface area contributed by atoms with Crippen LogP contribution in [0.2, 0.25) is 0 Å². The van der Waals surface area contributed by atoms with Gasteiger partial charge in [0, 0.05) is 24.6 Å². The average molecular weight is 375 g/mol. The van der Waals surface area contributed by atoms with Crippen LogP contribution in [0, 0.1) is 0 Å². The predicted molar refractivity (Wildman–Crippen MR) is 107 cm³/mol. The molecule has 0 atom stereocenters. The van der Waals surface area contributed by atoms with Gasteiger partial charge in [-0.05, 0) is 30.3 Å². The van der Waals surface area contributed by atoms with Gasteiger partial charge in [0.1, 0.15) is 11.5 Å². The van der Waals surface area contributed by atoms with Crippen molar-refractivity contribution in [1.29, 1.82) is 0 Å². The highest BCUT2D eigenvalue weighted by molar-refractivity contribution is 7.98. The zero-order chi connectivity index (χ0) is 18.6. The van der Waals surface area contributed by atoms with Crippen LogP contribution in [-0.2, 0) is 12.8 Å². The molecule has 0 aliphatic carbocycles. The molecule has 5 nitrogen and oxygen atoms in total. The van der Waals surface area contributed by atoms with Gasteiger partial charge in [0.25, 0.3) is 5.56 Å². The Labute approximate surface area is 160 Å². The van der Waals surface area contributed by atoms with Crippen LogP contribution >= 0.6 is 11.8 Å². The standard InChI is InChI=1S/C21H17N3O2S/c1-24-20(25)17-9-3-4-10-18(17)23-21(24)27-14-15-7-2-5-11-19(15)26-16-8-6-12-22-13-16/h2-13H,14H2,1H3. The van der Waals surface area contributed by atoms with E-state index in [2.05, 4.69) is 9.97 Å². The summed E-state index contributed by atoms with van der Waals surface area (Å²) in [5, 5.41) is 1.31. The average Bonchev–Trinajstić information content (AvgIpc) is 2.71. The second-order valence-corrected chi connectivity index (χ2v) is 6.91. The van der Waals surface area contributed by atoms with Crippen LogP contribution in [0.4, 0.5) is 0 Å². The minimum absolute atomic E-state index is 0.0389. The summed E-state index contributed by atoms with van der Waals surface area (Å²) in [5.41, 5.74) is 1.69. The number of rotatable bonds is 5. The lowest BCUT2D eigenvalue weighted by Gasteiger charge is -2.12. The van der Waals surface area contributed by atoms with Crippen molar-refractivity contribution in [1.82, 2.24) is 14.5 Å². The summed E-state index contributed by atoms with van der Waals surface area (Å²) in [6.45, 7) is 0. The molecule has 4 rings (SSSR count). The van der Waals surface area contributed by atoms with Crippen LogP contribution in [0.15, 0.2) is 83.0 Å². The van der Waals surface area contributed by atoms with E-state index in [9.17, 15) is 4.79 Å². The SMILES string of the molecule is Cn1c(SCc2ccccc2Oc2cccnc2)nc2ccccc2c1=O. The van der Waals surface area contributed by atoms with Crippen LogP contribution in [0.1, 0.15) is 5.56 Å². The first-order valence-corrected chi connectivity index (χ1v) is 9.45. The molecule has 4 aromatic rings. The van der Waals surface area contributed by atoms with E-state index in [0.717, 1.165) is 11.3 Å². The Balaban J connectivity index is 1.60. The second kappa shape index (κ2) is 7.63. The number of benzene rings is 2. The normalized spacial score (nSPS) is 10.9. The van der Waals surface area contributed by atoms with Crippen molar-refractivity contribution in [3.05, 3.63) is 89.0 Å². The van der Waals surface area contributed by atoms with Crippen molar-refractivity contribution < 1.29 is 4.74 Å². The third kappa shape index (κ3) is 3.71. The van der Waals surface area contributed by atoms with Crippen LogP contribution in [0.3, 0.4) is 0 Å². The Bertz CT molecular complexity index is 1140. The van der Waals surface area contributed by atoms with Gasteiger partial charge in [0.15, 0.2) is 5.16 Å². The molecule has 2 aromatic carbocycles. The molecular weight excluding hydrogens is 358 g/mol. The van der Waals surface area contributed by atoms with Gasteiger partial charge in [-0.1, -0.05) is 42.1 Å². The summed E-state index contributed by atoms with van der Waals surface area (Å²) in [4.78, 5) is 21.3. The zero-order valence-corrected chi connectivity index (χ0v) is 15.5. The Morgan fingerprint density at radius 2 is 1.85 bits per heavy atom. The fraction of sp³-hybridized carbons (Fsp3) is 0.0952. The first-order chi connectivity index (χ1) is 13.2. The van der Waals surface area contributed by atoms with E-state index < -0.39 is 0 Å². The number of thioether (sulfide) groups is 1. The summed E-state index contributed by atoms with van der Waals surface area (Å²) >= 11 is 1.51. The lowest BCUT2D eigenvalue weighted by atomic mass is 10.2. The lowest BCUT2D eigenvalue weighted by Crippen LogP contribution is -2.19. The first-order valence-electron chi connectivity index (χ1n) is 8.47. The van der Waals surface area contributed by atoms with E-state index in [4.69, 9.17) is 4.74 Å². The Morgan fingerprint density at radius 1 is 1.04 bits per heavy atom. The number of hydrogen-bond acceptors (Lipinski definition) is 5. The molecule has 0 radical (unpaired) electrons. The number of hydrogen-bond donors (Lipinski definition) is 0. The van der Waals surface area contributed by atoms with Crippen LogP contribution < -0.4 is 10.3 Å². The van der Waals surface area contributed by atoms with E-state index in [1.807, 2.05) is 54.6 Å². The van der Waals surface area contributed by atoms with Gasteiger partial charge < -0.3 is 4.74 Å². The largest absolute Gasteiger partial charge is 0.455 e. The van der Waals surface area contributed by atoms with Gasteiger partial charge in [0.2, 0.25) is 0 Å². The molecule has 27 heavy (non-hydrogen) atoms. The molecule has 0 spiro atoms. The molecule has 134 valence electrons. The molecule has 0 N–H and O–H groups in total. The monoisotopic (exact) mass is 375 g/mol. The summed E-state index contributed by atoms with van der Waals surface area (Å²) in [5.74, 6) is 2.09. The van der Waals surface area contributed by atoms with Gasteiger partial charge in [-0.3, -0.25) is 14.3 Å². The highest BCUT2D eigenvalue weighted by atomic mass is 32.2. The fourth-order valence-electron chi connectivity index (χ4n) is 2.73. The highest BCUT2D eigenvalue weighted by Crippen LogP contribution is 2.30. The number of ether oxygens (including phenoxy) is 1. The van der Waals surface area contributed by atoms with Gasteiger partial charge >= 0.3 is 0 Å². The van der Waals surface area contributed by atoms with E-state index in [0.29, 0.717) is 27.6 Å². The van der Waals surface area contributed by atoms with Crippen molar-refractivity contribution in [3.8, 4) is 11.5 Å². The van der Waals surface area contributed by atoms with E-state index in [-0.39, 0.29) is 5.56 Å². The fourth-order valence-corrected chi connectivity index (χ4v) is 3.69. The molecule has 0 saturated heterocycles. The molecule has 0 unspecified atom stereocenters. The van der Waals surface area contributed by atoms with Gasteiger partial charge in [-0.2, -0.15) is 0 Å². The molecule has 0 aliphatic heterocycles. The number of pyridine rings is 1. The molecule has 0 amide bonds. The summed E-state index contributed by atoms with van der Waals surface area (Å²) in [6.07, 6.45) is 3.39. The minimum atomic E-state index is -0.0389. The van der Waals surface area contributed by atoms with E-state index in [1.54, 1.807) is 30.1 Å².